The summed E-state index contributed by atoms with van der Waals surface area (Å²) >= 11 is 0. The molecule has 0 N–H and O–H groups in total. The van der Waals surface area contributed by atoms with Gasteiger partial charge in [0.2, 0.25) is 0 Å². The predicted octanol–water partition coefficient (Wildman–Crippen LogP) is 13.8. The maximum atomic E-state index is 10.8. The molecule has 4 heteroatoms. The maximum absolute atomic E-state index is 10.8. The number of hydrogen-bond acceptors (Lipinski definition) is 1. The van der Waals surface area contributed by atoms with Gasteiger partial charge in [-0.3, -0.25) is 0 Å². The summed E-state index contributed by atoms with van der Waals surface area (Å²) in [7, 11) is 0. The fraction of sp³-hybridized carbons (Fsp3) is 0.281. The van der Waals surface area contributed by atoms with Crippen LogP contribution in [-0.4, -0.2) is 15.9 Å². The monoisotopic (exact) mass is 789 g/mol. The molecule has 0 saturated heterocycles. The van der Waals surface area contributed by atoms with Crippen molar-refractivity contribution in [3.05, 3.63) is 125 Å². The summed E-state index contributed by atoms with van der Waals surface area (Å²) in [4.78, 5) is 0. The van der Waals surface area contributed by atoms with Crippen LogP contribution in [0, 0.1) is 11.3 Å². The van der Waals surface area contributed by atoms with Gasteiger partial charge in [-0.25, -0.2) is 0 Å². The third-order valence-corrected chi connectivity index (χ3v) is 14.6. The summed E-state index contributed by atoms with van der Waals surface area (Å²) in [6.45, 7) is 27.8. The minimum absolute atomic E-state index is 0.00237. The average Bonchev–Trinajstić information content (AvgIpc) is 3.70. The molecule has 12 rings (SSSR count). The highest BCUT2D eigenvalue weighted by Crippen LogP contribution is 2.51. The lowest BCUT2D eigenvalue weighted by atomic mass is 9.44. The van der Waals surface area contributed by atoms with Crippen LogP contribution in [0.2, 0.25) is 0 Å². The second-order valence-corrected chi connectivity index (χ2v) is 22.6. The SMILES string of the molecule is CC(C)(C)c1cc2ccc3c4c5c(c6ccc(c1)c2c36)-n1c2ccc(C(C)(C)C)cc2c2cc(C(C)(C)C)cc(c21)B5n1c2ccc(C(C)(C)C)cc2c2cc(C#N)cc-4c21. The van der Waals surface area contributed by atoms with Crippen molar-refractivity contribution in [1.29, 1.82) is 5.26 Å². The molecule has 0 fully saturated rings. The molecule has 0 aliphatic carbocycles. The van der Waals surface area contributed by atoms with Crippen LogP contribution in [0.4, 0.5) is 0 Å². The van der Waals surface area contributed by atoms with Crippen molar-refractivity contribution in [3.63, 3.8) is 0 Å². The first-order chi connectivity index (χ1) is 28.7. The van der Waals surface area contributed by atoms with Crippen molar-refractivity contribution < 1.29 is 0 Å². The number of hydrogen-bond donors (Lipinski definition) is 0. The summed E-state index contributed by atoms with van der Waals surface area (Å²) < 4.78 is 5.33. The molecule has 0 saturated carbocycles. The smallest absolute Gasteiger partial charge is 0.333 e. The molecule has 0 bridgehead atoms. The Morgan fingerprint density at radius 2 is 1.02 bits per heavy atom. The minimum atomic E-state index is -0.0935. The fourth-order valence-corrected chi connectivity index (χ4v) is 11.3. The van der Waals surface area contributed by atoms with Gasteiger partial charge < -0.3 is 9.05 Å². The second-order valence-electron chi connectivity index (χ2n) is 22.6. The maximum Gasteiger partial charge on any atom is 0.333 e. The molecule has 2 aromatic heterocycles. The van der Waals surface area contributed by atoms with E-state index in [4.69, 9.17) is 0 Å². The normalized spacial score (nSPS) is 14.2. The third kappa shape index (κ3) is 4.70. The van der Waals surface area contributed by atoms with E-state index in [1.165, 1.54) is 115 Å². The van der Waals surface area contributed by atoms with Gasteiger partial charge >= 0.3 is 6.85 Å². The second kappa shape index (κ2) is 11.3. The molecule has 2 aliphatic heterocycles. The Hall–Kier alpha value is -6.05. The number of nitrogens with zero attached hydrogens (tertiary/aromatic N) is 3. The molecule has 61 heavy (non-hydrogen) atoms. The molecule has 10 aromatic rings. The highest BCUT2D eigenvalue weighted by molar-refractivity contribution is 6.90. The van der Waals surface area contributed by atoms with E-state index in [2.05, 4.69) is 195 Å². The lowest BCUT2D eigenvalue weighted by Gasteiger charge is -2.37. The van der Waals surface area contributed by atoms with Gasteiger partial charge in [-0.05, 0) is 124 Å². The Balaban J connectivity index is 1.38. The van der Waals surface area contributed by atoms with Gasteiger partial charge in [-0.2, -0.15) is 5.26 Å². The summed E-state index contributed by atoms with van der Waals surface area (Å²) in [5.74, 6) is 0. The zero-order valence-electron chi connectivity index (χ0n) is 37.7. The minimum Gasteiger partial charge on any atom is -0.375 e. The number of aromatic nitrogens is 2. The molecule has 0 spiro atoms. The van der Waals surface area contributed by atoms with Crippen molar-refractivity contribution >= 4 is 93.7 Å². The summed E-state index contributed by atoms with van der Waals surface area (Å²) in [5.41, 5.74) is 17.3. The van der Waals surface area contributed by atoms with E-state index in [0.717, 1.165) is 10.9 Å². The molecule has 0 amide bonds. The van der Waals surface area contributed by atoms with E-state index in [1.54, 1.807) is 0 Å². The molecule has 4 heterocycles. The summed E-state index contributed by atoms with van der Waals surface area (Å²) in [5, 5.41) is 23.5. The van der Waals surface area contributed by atoms with Gasteiger partial charge in [0.05, 0.1) is 28.4 Å². The van der Waals surface area contributed by atoms with Gasteiger partial charge in [-0.1, -0.05) is 138 Å². The Morgan fingerprint density at radius 1 is 0.475 bits per heavy atom. The van der Waals surface area contributed by atoms with Crippen LogP contribution in [-0.2, 0) is 21.7 Å². The number of benzene rings is 8. The molecule has 3 nitrogen and oxygen atoms in total. The fourth-order valence-electron chi connectivity index (χ4n) is 11.3. The van der Waals surface area contributed by atoms with E-state index < -0.39 is 0 Å². The molecule has 0 unspecified atom stereocenters. The van der Waals surface area contributed by atoms with Crippen molar-refractivity contribution in [3.8, 4) is 22.9 Å². The predicted molar refractivity (Wildman–Crippen MR) is 263 cm³/mol. The number of fused-ring (bicyclic) bond motifs is 12. The number of nitriles is 1. The van der Waals surface area contributed by atoms with Crippen molar-refractivity contribution in [2.75, 3.05) is 0 Å². The highest BCUT2D eigenvalue weighted by atomic mass is 15.0. The largest absolute Gasteiger partial charge is 0.375 e. The zero-order valence-corrected chi connectivity index (χ0v) is 37.7. The Morgan fingerprint density at radius 3 is 1.62 bits per heavy atom. The summed E-state index contributed by atoms with van der Waals surface area (Å²) in [6.07, 6.45) is 0. The standard InChI is InChI=1S/C57H52BN3/c1-54(2,3)33-15-19-45-39(25-33)42-27-36(57(10,11)12)28-44-52(42)60(45)53-38-18-14-32-24-35(56(7,8)9)23-31-13-17-37(48(38)47(31)32)49-43-22-30(29-59)21-41-40-26-34(55(4,5)6)16-20-46(40)61(51(41)43)58(44)50(49)53/h13-28H,1-12H3. The van der Waals surface area contributed by atoms with Crippen LogP contribution in [0.25, 0.3) is 92.7 Å². The molecule has 0 atom stereocenters. The van der Waals surface area contributed by atoms with Crippen LogP contribution in [0.3, 0.4) is 0 Å². The van der Waals surface area contributed by atoms with Crippen molar-refractivity contribution in [2.24, 2.45) is 0 Å². The molecule has 0 radical (unpaired) electrons. The van der Waals surface area contributed by atoms with E-state index in [1.807, 2.05) is 0 Å². The lowest BCUT2D eigenvalue weighted by molar-refractivity contribution is 0.590. The summed E-state index contributed by atoms with van der Waals surface area (Å²) in [6, 6.07) is 40.9. The van der Waals surface area contributed by atoms with Crippen LogP contribution in [0.1, 0.15) is 111 Å². The van der Waals surface area contributed by atoms with Gasteiger partial charge in [0.1, 0.15) is 0 Å². The van der Waals surface area contributed by atoms with Crippen LogP contribution in [0.15, 0.2) is 97.1 Å². The first-order valence-electron chi connectivity index (χ1n) is 22.2. The van der Waals surface area contributed by atoms with E-state index in [-0.39, 0.29) is 28.5 Å². The van der Waals surface area contributed by atoms with Gasteiger partial charge in [0.15, 0.2) is 0 Å². The topological polar surface area (TPSA) is 33.6 Å². The van der Waals surface area contributed by atoms with Crippen LogP contribution >= 0.6 is 0 Å². The number of rotatable bonds is 0. The first kappa shape index (κ1) is 36.8. The van der Waals surface area contributed by atoms with Gasteiger partial charge in [0, 0.05) is 48.9 Å². The quantitative estimate of drug-likeness (QED) is 0.111. The van der Waals surface area contributed by atoms with E-state index >= 15 is 0 Å². The highest BCUT2D eigenvalue weighted by Gasteiger charge is 2.44. The Labute approximate surface area is 359 Å². The Bertz CT molecular complexity index is 3670. The van der Waals surface area contributed by atoms with Crippen molar-refractivity contribution in [2.45, 2.75) is 105 Å². The third-order valence-electron chi connectivity index (χ3n) is 14.6. The van der Waals surface area contributed by atoms with Gasteiger partial charge in [0.25, 0.3) is 0 Å². The molecule has 8 aromatic carbocycles. The molecule has 298 valence electrons. The van der Waals surface area contributed by atoms with Crippen LogP contribution in [0.5, 0.6) is 0 Å². The lowest BCUT2D eigenvalue weighted by Crippen LogP contribution is -2.55. The van der Waals surface area contributed by atoms with E-state index in [9.17, 15) is 5.26 Å². The average molecular weight is 790 g/mol. The molecular formula is C57H52BN3. The Kier molecular flexibility index (Phi) is 6.78. The first-order valence-corrected chi connectivity index (χ1v) is 22.2. The van der Waals surface area contributed by atoms with Gasteiger partial charge in [-0.15, -0.1) is 0 Å². The molecular weight excluding hydrogens is 737 g/mol. The van der Waals surface area contributed by atoms with Crippen LogP contribution < -0.4 is 10.9 Å². The van der Waals surface area contributed by atoms with E-state index in [0.29, 0.717) is 5.56 Å². The zero-order chi connectivity index (χ0) is 42.6. The van der Waals surface area contributed by atoms with Crippen molar-refractivity contribution in [1.82, 2.24) is 9.05 Å². The molecule has 2 aliphatic rings.